The van der Waals surface area contributed by atoms with Crippen molar-refractivity contribution in [3.05, 3.63) is 93.2 Å². The predicted octanol–water partition coefficient (Wildman–Crippen LogP) is 5.78. The molecule has 0 amide bonds. The van der Waals surface area contributed by atoms with Crippen LogP contribution in [0.4, 0.5) is 0 Å². The van der Waals surface area contributed by atoms with Crippen molar-refractivity contribution in [1.29, 1.82) is 0 Å². The van der Waals surface area contributed by atoms with Gasteiger partial charge in [0.1, 0.15) is 11.3 Å². The molecule has 0 atom stereocenters. The molecule has 2 aromatic heterocycles. The molecular formula is C28H22BrN3O5. The summed E-state index contributed by atoms with van der Waals surface area (Å²) >= 11 is 3.45. The first kappa shape index (κ1) is 24.5. The smallest absolute Gasteiger partial charge is 0.344 e. The molecule has 0 radical (unpaired) electrons. The van der Waals surface area contributed by atoms with Crippen molar-refractivity contribution in [2.24, 2.45) is 5.10 Å². The van der Waals surface area contributed by atoms with E-state index in [1.807, 2.05) is 36.4 Å². The lowest BCUT2D eigenvalue weighted by molar-refractivity contribution is -0.149. The molecular weight excluding hydrogens is 538 g/mol. The fraction of sp³-hybridized carbons (Fsp3) is 0.143. The van der Waals surface area contributed by atoms with E-state index in [4.69, 9.17) is 18.9 Å². The highest BCUT2D eigenvalue weighted by molar-refractivity contribution is 9.10. The standard InChI is InChI=1S/C28H22BrN3O5/c1-17(2)36-26(33)16-35-23-12-11-20(29)13-19(23)15-30-32-27(25-14-18-7-3-6-10-24(18)37-25)31-22-9-5-4-8-21(22)28(32)34/h3-15,17H,16H2,1-2H3. The number of ether oxygens (including phenoxy) is 2. The largest absolute Gasteiger partial charge is 0.481 e. The second kappa shape index (κ2) is 10.4. The third kappa shape index (κ3) is 5.31. The Hall–Kier alpha value is -4.24. The molecule has 5 aromatic rings. The molecule has 8 nitrogen and oxygen atoms in total. The summed E-state index contributed by atoms with van der Waals surface area (Å²) < 4.78 is 18.8. The quantitative estimate of drug-likeness (QED) is 0.185. The minimum atomic E-state index is -0.483. The van der Waals surface area contributed by atoms with E-state index in [-0.39, 0.29) is 24.1 Å². The molecule has 0 N–H and O–H groups in total. The van der Waals surface area contributed by atoms with Gasteiger partial charge >= 0.3 is 5.97 Å². The van der Waals surface area contributed by atoms with Gasteiger partial charge in [-0.3, -0.25) is 4.79 Å². The first-order chi connectivity index (χ1) is 17.9. The van der Waals surface area contributed by atoms with Gasteiger partial charge in [0.15, 0.2) is 12.4 Å². The van der Waals surface area contributed by atoms with E-state index in [0.717, 1.165) is 9.86 Å². The molecule has 0 saturated carbocycles. The molecule has 0 saturated heterocycles. The van der Waals surface area contributed by atoms with Crippen LogP contribution in [0, 0.1) is 0 Å². The number of aromatic nitrogens is 2. The SMILES string of the molecule is CC(C)OC(=O)COc1ccc(Br)cc1C=Nn1c(-c2cc3ccccc3o2)nc2ccccc2c1=O. The molecule has 37 heavy (non-hydrogen) atoms. The summed E-state index contributed by atoms with van der Waals surface area (Å²) in [6.07, 6.45) is 1.24. The van der Waals surface area contributed by atoms with E-state index in [2.05, 4.69) is 21.0 Å². The van der Waals surface area contributed by atoms with Crippen LogP contribution in [-0.2, 0) is 9.53 Å². The Morgan fingerprint density at radius 3 is 2.70 bits per heavy atom. The lowest BCUT2D eigenvalue weighted by Gasteiger charge is -2.11. The average molecular weight is 560 g/mol. The van der Waals surface area contributed by atoms with Gasteiger partial charge in [-0.15, -0.1) is 0 Å². The van der Waals surface area contributed by atoms with E-state index >= 15 is 0 Å². The molecule has 0 aliphatic carbocycles. The lowest BCUT2D eigenvalue weighted by Crippen LogP contribution is -2.20. The van der Waals surface area contributed by atoms with E-state index in [1.54, 1.807) is 50.2 Å². The van der Waals surface area contributed by atoms with Crippen molar-refractivity contribution < 1.29 is 18.7 Å². The number of benzene rings is 3. The van der Waals surface area contributed by atoms with Gasteiger partial charge in [0.05, 0.1) is 23.2 Å². The molecule has 0 aliphatic heterocycles. The predicted molar refractivity (Wildman–Crippen MR) is 145 cm³/mol. The molecule has 0 aliphatic rings. The topological polar surface area (TPSA) is 95.9 Å². The Labute approximate surface area is 220 Å². The first-order valence-electron chi connectivity index (χ1n) is 11.6. The summed E-state index contributed by atoms with van der Waals surface area (Å²) in [5, 5.41) is 5.79. The summed E-state index contributed by atoms with van der Waals surface area (Å²) in [6.45, 7) is 3.28. The normalized spacial score (nSPS) is 11.6. The zero-order valence-electron chi connectivity index (χ0n) is 20.1. The Morgan fingerprint density at radius 2 is 1.89 bits per heavy atom. The summed E-state index contributed by atoms with van der Waals surface area (Å²) in [7, 11) is 0. The van der Waals surface area contributed by atoms with Gasteiger partial charge < -0.3 is 13.9 Å². The highest BCUT2D eigenvalue weighted by Gasteiger charge is 2.17. The van der Waals surface area contributed by atoms with Crippen LogP contribution in [0.1, 0.15) is 19.4 Å². The van der Waals surface area contributed by atoms with E-state index < -0.39 is 5.97 Å². The van der Waals surface area contributed by atoms with E-state index in [0.29, 0.717) is 33.6 Å². The molecule has 186 valence electrons. The van der Waals surface area contributed by atoms with Crippen LogP contribution in [0.15, 0.2) is 91.6 Å². The number of para-hydroxylation sites is 2. The van der Waals surface area contributed by atoms with Gasteiger partial charge in [0.2, 0.25) is 5.82 Å². The fourth-order valence-electron chi connectivity index (χ4n) is 3.79. The average Bonchev–Trinajstić information content (AvgIpc) is 3.31. The number of hydrogen-bond donors (Lipinski definition) is 0. The Balaban J connectivity index is 1.59. The Bertz CT molecular complexity index is 1670. The summed E-state index contributed by atoms with van der Waals surface area (Å²) in [6, 6.07) is 21.7. The number of furan rings is 1. The minimum absolute atomic E-state index is 0.244. The second-order valence-electron chi connectivity index (χ2n) is 8.47. The molecule has 0 spiro atoms. The molecule has 0 bridgehead atoms. The molecule has 0 fully saturated rings. The van der Waals surface area contributed by atoms with Gasteiger partial charge in [-0.1, -0.05) is 46.3 Å². The molecule has 5 rings (SSSR count). The summed E-state index contributed by atoms with van der Waals surface area (Å²) in [5.41, 5.74) is 1.40. The van der Waals surface area contributed by atoms with Crippen LogP contribution in [0.3, 0.4) is 0 Å². The number of fused-ring (bicyclic) bond motifs is 2. The highest BCUT2D eigenvalue weighted by Crippen LogP contribution is 2.27. The van der Waals surface area contributed by atoms with Gasteiger partial charge in [-0.2, -0.15) is 9.78 Å². The molecule has 9 heteroatoms. The maximum Gasteiger partial charge on any atom is 0.344 e. The Kier molecular flexibility index (Phi) is 6.87. The van der Waals surface area contributed by atoms with Gasteiger partial charge in [0, 0.05) is 15.4 Å². The van der Waals surface area contributed by atoms with Crippen molar-refractivity contribution in [2.45, 2.75) is 20.0 Å². The van der Waals surface area contributed by atoms with Crippen LogP contribution in [0.2, 0.25) is 0 Å². The number of carbonyl (C=O) groups excluding carboxylic acids is 1. The first-order valence-corrected chi connectivity index (χ1v) is 12.4. The fourth-order valence-corrected chi connectivity index (χ4v) is 4.17. The zero-order chi connectivity index (χ0) is 25.9. The Morgan fingerprint density at radius 1 is 1.11 bits per heavy atom. The third-order valence-corrected chi connectivity index (χ3v) is 5.89. The van der Waals surface area contributed by atoms with Crippen LogP contribution in [0.5, 0.6) is 5.75 Å². The summed E-state index contributed by atoms with van der Waals surface area (Å²) in [4.78, 5) is 30.2. The van der Waals surface area contributed by atoms with Gasteiger partial charge in [0.25, 0.3) is 5.56 Å². The van der Waals surface area contributed by atoms with Crippen molar-refractivity contribution in [3.8, 4) is 17.3 Å². The number of carbonyl (C=O) groups is 1. The van der Waals surface area contributed by atoms with Gasteiger partial charge in [-0.25, -0.2) is 9.78 Å². The number of rotatable bonds is 7. The lowest BCUT2D eigenvalue weighted by atomic mass is 10.2. The van der Waals surface area contributed by atoms with Crippen LogP contribution in [-0.4, -0.2) is 34.6 Å². The molecule has 2 heterocycles. The van der Waals surface area contributed by atoms with Crippen molar-refractivity contribution in [2.75, 3.05) is 6.61 Å². The van der Waals surface area contributed by atoms with Crippen LogP contribution in [0.25, 0.3) is 33.5 Å². The summed E-state index contributed by atoms with van der Waals surface area (Å²) in [5.74, 6) is 0.583. The van der Waals surface area contributed by atoms with Crippen molar-refractivity contribution >= 4 is 50.0 Å². The maximum atomic E-state index is 13.5. The second-order valence-corrected chi connectivity index (χ2v) is 9.39. The van der Waals surface area contributed by atoms with E-state index in [9.17, 15) is 9.59 Å². The molecule has 0 unspecified atom stereocenters. The number of esters is 1. The van der Waals surface area contributed by atoms with Crippen LogP contribution >= 0.6 is 15.9 Å². The van der Waals surface area contributed by atoms with Crippen molar-refractivity contribution in [3.63, 3.8) is 0 Å². The number of hydrogen-bond acceptors (Lipinski definition) is 7. The monoisotopic (exact) mass is 559 g/mol. The van der Waals surface area contributed by atoms with Crippen LogP contribution < -0.4 is 10.3 Å². The highest BCUT2D eigenvalue weighted by atomic mass is 79.9. The number of nitrogens with zero attached hydrogens (tertiary/aromatic N) is 3. The van der Waals surface area contributed by atoms with E-state index in [1.165, 1.54) is 10.9 Å². The number of halogens is 1. The van der Waals surface area contributed by atoms with Crippen molar-refractivity contribution in [1.82, 2.24) is 9.66 Å². The van der Waals surface area contributed by atoms with Gasteiger partial charge in [-0.05, 0) is 56.3 Å². The minimum Gasteiger partial charge on any atom is -0.481 e. The zero-order valence-corrected chi connectivity index (χ0v) is 21.6. The maximum absolute atomic E-state index is 13.5. The third-order valence-electron chi connectivity index (χ3n) is 5.40. The molecule has 3 aromatic carbocycles.